The van der Waals surface area contributed by atoms with E-state index in [9.17, 15) is 14.4 Å². The Morgan fingerprint density at radius 2 is 1.93 bits per heavy atom. The number of nitrogens with one attached hydrogen (secondary N) is 1. The SMILES string of the molecule is O=C1CCSc2ccc(C(=O)OCC(=O)N3CCc4ccccc4C3)cc2N1. The lowest BCUT2D eigenvalue weighted by atomic mass is 10.00. The first-order chi connectivity index (χ1) is 13.6. The predicted octanol–water partition coefficient (Wildman–Crippen LogP) is 2.86. The minimum Gasteiger partial charge on any atom is -0.452 e. The summed E-state index contributed by atoms with van der Waals surface area (Å²) in [7, 11) is 0. The molecule has 0 saturated carbocycles. The summed E-state index contributed by atoms with van der Waals surface area (Å²) in [6.07, 6.45) is 1.24. The van der Waals surface area contributed by atoms with Gasteiger partial charge in [-0.2, -0.15) is 0 Å². The molecule has 7 heteroatoms. The largest absolute Gasteiger partial charge is 0.452 e. The van der Waals surface area contributed by atoms with Gasteiger partial charge in [-0.15, -0.1) is 11.8 Å². The van der Waals surface area contributed by atoms with Crippen molar-refractivity contribution in [3.05, 3.63) is 59.2 Å². The molecular weight excluding hydrogens is 376 g/mol. The molecule has 0 fully saturated rings. The first-order valence-electron chi connectivity index (χ1n) is 9.18. The summed E-state index contributed by atoms with van der Waals surface area (Å²) in [5.41, 5.74) is 3.32. The minimum absolute atomic E-state index is 0.0719. The molecule has 0 spiro atoms. The van der Waals surface area contributed by atoms with Crippen LogP contribution in [0, 0.1) is 0 Å². The van der Waals surface area contributed by atoms with Crippen molar-refractivity contribution in [2.45, 2.75) is 24.3 Å². The molecule has 28 heavy (non-hydrogen) atoms. The average Bonchev–Trinajstić information content (AvgIpc) is 2.91. The highest BCUT2D eigenvalue weighted by molar-refractivity contribution is 7.99. The third-order valence-corrected chi connectivity index (χ3v) is 5.96. The second-order valence-electron chi connectivity index (χ2n) is 6.77. The Labute approximate surface area is 167 Å². The fourth-order valence-corrected chi connectivity index (χ4v) is 4.29. The molecule has 4 rings (SSSR count). The van der Waals surface area contributed by atoms with Gasteiger partial charge in [0, 0.05) is 30.2 Å². The Kier molecular flexibility index (Phi) is 5.34. The lowest BCUT2D eigenvalue weighted by molar-refractivity contribution is -0.135. The molecule has 0 radical (unpaired) electrons. The number of benzene rings is 2. The topological polar surface area (TPSA) is 75.7 Å². The number of rotatable bonds is 3. The molecule has 144 valence electrons. The molecule has 0 aliphatic carbocycles. The molecule has 0 unspecified atom stereocenters. The van der Waals surface area contributed by atoms with Crippen molar-refractivity contribution in [1.29, 1.82) is 0 Å². The van der Waals surface area contributed by atoms with Crippen LogP contribution in [0.2, 0.25) is 0 Å². The van der Waals surface area contributed by atoms with Crippen LogP contribution in [-0.4, -0.2) is 41.6 Å². The number of carbonyl (C=O) groups excluding carboxylic acids is 3. The number of hydrogen-bond donors (Lipinski definition) is 1. The summed E-state index contributed by atoms with van der Waals surface area (Å²) < 4.78 is 5.23. The normalized spacial score (nSPS) is 15.7. The second kappa shape index (κ2) is 8.06. The molecule has 2 amide bonds. The highest BCUT2D eigenvalue weighted by Gasteiger charge is 2.22. The molecule has 0 bridgehead atoms. The van der Waals surface area contributed by atoms with Crippen molar-refractivity contribution < 1.29 is 19.1 Å². The maximum absolute atomic E-state index is 12.5. The highest BCUT2D eigenvalue weighted by atomic mass is 32.2. The van der Waals surface area contributed by atoms with Crippen molar-refractivity contribution in [1.82, 2.24) is 4.90 Å². The van der Waals surface area contributed by atoms with Crippen molar-refractivity contribution >= 4 is 35.2 Å². The molecule has 2 aromatic rings. The first kappa shape index (κ1) is 18.6. The van der Waals surface area contributed by atoms with Crippen LogP contribution in [0.4, 0.5) is 5.69 Å². The molecule has 2 aromatic carbocycles. The van der Waals surface area contributed by atoms with Crippen LogP contribution >= 0.6 is 11.8 Å². The number of nitrogens with zero attached hydrogens (tertiary/aromatic N) is 1. The van der Waals surface area contributed by atoms with Crippen molar-refractivity contribution in [3.63, 3.8) is 0 Å². The van der Waals surface area contributed by atoms with Crippen molar-refractivity contribution in [2.75, 3.05) is 24.2 Å². The van der Waals surface area contributed by atoms with Gasteiger partial charge in [0.1, 0.15) is 0 Å². The van der Waals surface area contributed by atoms with Gasteiger partial charge in [0.25, 0.3) is 5.91 Å². The van der Waals surface area contributed by atoms with E-state index in [2.05, 4.69) is 11.4 Å². The van der Waals surface area contributed by atoms with Crippen molar-refractivity contribution in [2.24, 2.45) is 0 Å². The molecular formula is C21H20N2O4S. The molecule has 0 saturated heterocycles. The molecule has 6 nitrogen and oxygen atoms in total. The quantitative estimate of drug-likeness (QED) is 0.808. The second-order valence-corrected chi connectivity index (χ2v) is 7.90. The Morgan fingerprint density at radius 1 is 1.11 bits per heavy atom. The number of esters is 1. The van der Waals surface area contributed by atoms with E-state index in [1.165, 1.54) is 5.56 Å². The molecule has 1 N–H and O–H groups in total. The maximum atomic E-state index is 12.5. The van der Waals surface area contributed by atoms with Crippen molar-refractivity contribution in [3.8, 4) is 0 Å². The van der Waals surface area contributed by atoms with Crippen LogP contribution in [0.1, 0.15) is 27.9 Å². The summed E-state index contributed by atoms with van der Waals surface area (Å²) in [5.74, 6) is -0.147. The van der Waals surface area contributed by atoms with Gasteiger partial charge in [0.15, 0.2) is 6.61 Å². The fraction of sp³-hybridized carbons (Fsp3) is 0.286. The number of thioether (sulfide) groups is 1. The lowest BCUT2D eigenvalue weighted by Gasteiger charge is -2.28. The third-order valence-electron chi connectivity index (χ3n) is 4.89. The van der Waals surface area contributed by atoms with E-state index in [1.54, 1.807) is 34.9 Å². The van der Waals surface area contributed by atoms with Gasteiger partial charge in [0.2, 0.25) is 5.91 Å². The zero-order chi connectivity index (χ0) is 19.5. The summed E-state index contributed by atoms with van der Waals surface area (Å²) in [5, 5.41) is 2.80. The summed E-state index contributed by atoms with van der Waals surface area (Å²) in [6, 6.07) is 13.1. The third kappa shape index (κ3) is 4.04. The number of amides is 2. The van der Waals surface area contributed by atoms with Crippen LogP contribution in [0.15, 0.2) is 47.4 Å². The number of fused-ring (bicyclic) bond motifs is 2. The number of carbonyl (C=O) groups is 3. The van der Waals surface area contributed by atoms with Gasteiger partial charge in [-0.05, 0) is 35.7 Å². The Balaban J connectivity index is 1.37. The molecule has 0 aromatic heterocycles. The zero-order valence-corrected chi connectivity index (χ0v) is 16.1. The fourth-order valence-electron chi connectivity index (χ4n) is 3.36. The van der Waals surface area contributed by atoms with Crippen LogP contribution in [0.25, 0.3) is 0 Å². The maximum Gasteiger partial charge on any atom is 0.338 e. The molecule has 2 aliphatic heterocycles. The van der Waals surface area contributed by atoms with Gasteiger partial charge in [-0.25, -0.2) is 4.79 Å². The van der Waals surface area contributed by atoms with Crippen LogP contribution < -0.4 is 5.32 Å². The summed E-state index contributed by atoms with van der Waals surface area (Å²) >= 11 is 1.57. The first-order valence-corrected chi connectivity index (χ1v) is 10.2. The minimum atomic E-state index is -0.572. The van der Waals surface area contributed by atoms with Crippen LogP contribution in [-0.2, 0) is 27.3 Å². The van der Waals surface area contributed by atoms with Crippen LogP contribution in [0.3, 0.4) is 0 Å². The lowest BCUT2D eigenvalue weighted by Crippen LogP contribution is -2.38. The summed E-state index contributed by atoms with van der Waals surface area (Å²) in [6.45, 7) is 0.864. The molecule has 0 atom stereocenters. The average molecular weight is 396 g/mol. The van der Waals surface area contributed by atoms with E-state index in [4.69, 9.17) is 4.74 Å². The van der Waals surface area contributed by atoms with Gasteiger partial charge in [-0.3, -0.25) is 9.59 Å². The Bertz CT molecular complexity index is 944. The number of ether oxygens (including phenoxy) is 1. The van der Waals surface area contributed by atoms with Gasteiger partial charge in [0.05, 0.1) is 11.3 Å². The van der Waals surface area contributed by atoms with E-state index in [-0.39, 0.29) is 18.4 Å². The van der Waals surface area contributed by atoms with Gasteiger partial charge < -0.3 is 15.0 Å². The van der Waals surface area contributed by atoms with Gasteiger partial charge >= 0.3 is 5.97 Å². The zero-order valence-electron chi connectivity index (χ0n) is 15.3. The van der Waals surface area contributed by atoms with E-state index < -0.39 is 5.97 Å². The standard InChI is InChI=1S/C21H20N2O4S/c24-19-8-10-28-18-6-5-15(11-17(18)22-19)21(26)27-13-20(25)23-9-7-14-3-1-2-4-16(14)12-23/h1-6,11H,7-10,12-13H2,(H,22,24). The summed E-state index contributed by atoms with van der Waals surface area (Å²) in [4.78, 5) is 39.2. The molecule has 2 aliphatic rings. The van der Waals surface area contributed by atoms with E-state index >= 15 is 0 Å². The van der Waals surface area contributed by atoms with Gasteiger partial charge in [-0.1, -0.05) is 24.3 Å². The number of anilines is 1. The van der Waals surface area contributed by atoms with E-state index in [1.807, 2.05) is 18.2 Å². The smallest absolute Gasteiger partial charge is 0.338 e. The van der Waals surface area contributed by atoms with E-state index in [0.717, 1.165) is 16.9 Å². The monoisotopic (exact) mass is 396 g/mol. The molecule has 2 heterocycles. The van der Waals surface area contributed by atoms with Crippen LogP contribution in [0.5, 0.6) is 0 Å². The van der Waals surface area contributed by atoms with E-state index in [0.29, 0.717) is 36.5 Å². The Morgan fingerprint density at radius 3 is 2.79 bits per heavy atom. The Hall–Kier alpha value is -2.80. The number of hydrogen-bond acceptors (Lipinski definition) is 5. The highest BCUT2D eigenvalue weighted by Crippen LogP contribution is 2.31. The predicted molar refractivity (Wildman–Crippen MR) is 106 cm³/mol.